The van der Waals surface area contributed by atoms with E-state index in [1.165, 1.54) is 4.79 Å². The molecule has 0 saturated carbocycles. The summed E-state index contributed by atoms with van der Waals surface area (Å²) in [5.41, 5.74) is 1.90. The number of hydrogen-bond donors (Lipinski definition) is 1. The number of carbonyl (C=O) groups is 1. The highest BCUT2D eigenvalue weighted by atomic mass is 19.4. The van der Waals surface area contributed by atoms with Crippen LogP contribution in [0.15, 0.2) is 42.7 Å². The Kier molecular flexibility index (Phi) is 3.28. The molecule has 2 rings (SSSR count). The SMILES string of the molecule is C[n+]1cccn1NC(=O)c1ccc(C(F)(F)F)cc1. The predicted molar refractivity (Wildman–Crippen MR) is 60.7 cm³/mol. The van der Waals surface area contributed by atoms with Crippen LogP contribution in [0.5, 0.6) is 0 Å². The number of amides is 1. The van der Waals surface area contributed by atoms with Crippen LogP contribution in [0.2, 0.25) is 0 Å². The van der Waals surface area contributed by atoms with Crippen molar-refractivity contribution in [1.29, 1.82) is 0 Å². The van der Waals surface area contributed by atoms with Crippen LogP contribution in [0, 0.1) is 0 Å². The lowest BCUT2D eigenvalue weighted by atomic mass is 10.1. The third-order valence-corrected chi connectivity index (χ3v) is 2.56. The van der Waals surface area contributed by atoms with Gasteiger partial charge in [0, 0.05) is 6.07 Å². The summed E-state index contributed by atoms with van der Waals surface area (Å²) in [6.07, 6.45) is -1.07. The third kappa shape index (κ3) is 2.93. The van der Waals surface area contributed by atoms with E-state index in [9.17, 15) is 18.0 Å². The monoisotopic (exact) mass is 270 g/mol. The second kappa shape index (κ2) is 4.75. The molecule has 0 aliphatic heterocycles. The fourth-order valence-electron chi connectivity index (χ4n) is 1.52. The molecule has 0 saturated heterocycles. The van der Waals surface area contributed by atoms with Gasteiger partial charge in [-0.05, 0) is 24.3 Å². The molecule has 7 heteroatoms. The van der Waals surface area contributed by atoms with Gasteiger partial charge in [0.1, 0.15) is 13.2 Å². The van der Waals surface area contributed by atoms with Crippen molar-refractivity contribution in [3.05, 3.63) is 53.9 Å². The highest BCUT2D eigenvalue weighted by molar-refractivity contribution is 5.99. The fourth-order valence-corrected chi connectivity index (χ4v) is 1.52. The van der Waals surface area contributed by atoms with Gasteiger partial charge in [-0.3, -0.25) is 0 Å². The second-order valence-corrected chi connectivity index (χ2v) is 3.92. The number of nitrogens with zero attached hydrogens (tertiary/aromatic N) is 2. The van der Waals surface area contributed by atoms with E-state index in [2.05, 4.69) is 5.43 Å². The molecule has 0 fully saturated rings. The summed E-state index contributed by atoms with van der Waals surface area (Å²) >= 11 is 0. The first-order chi connectivity index (χ1) is 8.88. The molecular weight excluding hydrogens is 259 g/mol. The van der Waals surface area contributed by atoms with E-state index in [-0.39, 0.29) is 5.56 Å². The zero-order valence-electron chi connectivity index (χ0n) is 9.98. The van der Waals surface area contributed by atoms with Crippen LogP contribution in [0.25, 0.3) is 0 Å². The van der Waals surface area contributed by atoms with E-state index >= 15 is 0 Å². The first-order valence-electron chi connectivity index (χ1n) is 5.40. The summed E-state index contributed by atoms with van der Waals surface area (Å²) in [5.74, 6) is -0.486. The lowest BCUT2D eigenvalue weighted by molar-refractivity contribution is -0.748. The van der Waals surface area contributed by atoms with Gasteiger partial charge in [-0.25, -0.2) is 4.79 Å². The summed E-state index contributed by atoms with van der Waals surface area (Å²) in [7, 11) is 1.72. The number of benzene rings is 1. The molecule has 0 unspecified atom stereocenters. The first kappa shape index (κ1) is 13.1. The Morgan fingerprint density at radius 2 is 1.89 bits per heavy atom. The average molecular weight is 270 g/mol. The highest BCUT2D eigenvalue weighted by Gasteiger charge is 2.30. The zero-order valence-corrected chi connectivity index (χ0v) is 9.98. The number of nitrogens with one attached hydrogen (secondary N) is 1. The summed E-state index contributed by atoms with van der Waals surface area (Å²) in [4.78, 5) is 13.2. The average Bonchev–Trinajstić information content (AvgIpc) is 2.74. The van der Waals surface area contributed by atoms with Gasteiger partial charge in [0.2, 0.25) is 0 Å². The Labute approximate surface area is 107 Å². The van der Waals surface area contributed by atoms with Crippen LogP contribution >= 0.6 is 0 Å². The minimum atomic E-state index is -4.40. The largest absolute Gasteiger partial charge is 0.416 e. The van der Waals surface area contributed by atoms with E-state index in [0.717, 1.165) is 24.3 Å². The number of aromatic nitrogens is 2. The summed E-state index contributed by atoms with van der Waals surface area (Å²) < 4.78 is 38.7. The van der Waals surface area contributed by atoms with E-state index < -0.39 is 17.6 Å². The maximum atomic E-state index is 12.4. The summed E-state index contributed by atoms with van der Waals surface area (Å²) in [5, 5.41) is 0. The van der Waals surface area contributed by atoms with Crippen molar-refractivity contribution >= 4 is 5.91 Å². The van der Waals surface area contributed by atoms with Crippen molar-refractivity contribution in [2.24, 2.45) is 7.05 Å². The van der Waals surface area contributed by atoms with Gasteiger partial charge >= 0.3 is 12.1 Å². The number of rotatable bonds is 2. The van der Waals surface area contributed by atoms with Gasteiger partial charge in [-0.2, -0.15) is 17.9 Å². The molecule has 0 bridgehead atoms. The van der Waals surface area contributed by atoms with Gasteiger partial charge in [0.25, 0.3) is 0 Å². The summed E-state index contributed by atoms with van der Waals surface area (Å²) in [6.45, 7) is 0. The van der Waals surface area contributed by atoms with Crippen molar-refractivity contribution in [1.82, 2.24) is 4.79 Å². The summed E-state index contributed by atoms with van der Waals surface area (Å²) in [6, 6.07) is 5.76. The van der Waals surface area contributed by atoms with Crippen LogP contribution in [0.4, 0.5) is 13.2 Å². The van der Waals surface area contributed by atoms with E-state index in [4.69, 9.17) is 0 Å². The topological polar surface area (TPSA) is 37.9 Å². The minimum Gasteiger partial charge on any atom is -0.239 e. The normalized spacial score (nSPS) is 11.4. The standard InChI is InChI=1S/C12H10F3N3O/c1-17-7-2-8-18(17)16-11(19)9-3-5-10(6-4-9)12(13,14)15/h2-8H,1H3/p+1. The van der Waals surface area contributed by atoms with Crippen molar-refractivity contribution in [3.63, 3.8) is 0 Å². The predicted octanol–water partition coefficient (Wildman–Crippen LogP) is 1.72. The van der Waals surface area contributed by atoms with Crippen LogP contribution in [-0.2, 0) is 13.2 Å². The van der Waals surface area contributed by atoms with Crippen molar-refractivity contribution in [3.8, 4) is 0 Å². The molecule has 1 heterocycles. The molecule has 4 nitrogen and oxygen atoms in total. The van der Waals surface area contributed by atoms with Gasteiger partial charge in [0.05, 0.1) is 17.3 Å². The molecule has 0 spiro atoms. The van der Waals surface area contributed by atoms with Gasteiger partial charge in [-0.1, -0.05) is 4.79 Å². The molecular formula is C12H11F3N3O+. The number of carbonyl (C=O) groups excluding carboxylic acids is 1. The van der Waals surface area contributed by atoms with Crippen LogP contribution in [0.1, 0.15) is 15.9 Å². The molecule has 1 aromatic carbocycles. The van der Waals surface area contributed by atoms with E-state index in [1.54, 1.807) is 30.2 Å². The number of alkyl halides is 3. The second-order valence-electron chi connectivity index (χ2n) is 3.92. The van der Waals surface area contributed by atoms with Gasteiger partial charge in [-0.15, -0.1) is 5.43 Å². The lowest BCUT2D eigenvalue weighted by Gasteiger charge is -2.06. The molecule has 19 heavy (non-hydrogen) atoms. The molecule has 0 aliphatic carbocycles. The third-order valence-electron chi connectivity index (χ3n) is 2.56. The Bertz CT molecular complexity index is 587. The minimum absolute atomic E-state index is 0.154. The molecule has 0 radical (unpaired) electrons. The Morgan fingerprint density at radius 3 is 2.37 bits per heavy atom. The van der Waals surface area contributed by atoms with Crippen LogP contribution in [0.3, 0.4) is 0 Å². The van der Waals surface area contributed by atoms with Gasteiger partial charge in [0.15, 0.2) is 0 Å². The quantitative estimate of drug-likeness (QED) is 0.829. The van der Waals surface area contributed by atoms with Crippen molar-refractivity contribution < 1.29 is 22.6 Å². The molecule has 100 valence electrons. The Morgan fingerprint density at radius 1 is 1.26 bits per heavy atom. The molecule has 2 aromatic rings. The number of halogens is 3. The maximum Gasteiger partial charge on any atom is 0.416 e. The first-order valence-corrected chi connectivity index (χ1v) is 5.40. The lowest BCUT2D eigenvalue weighted by Crippen LogP contribution is -2.44. The number of aryl methyl sites for hydroxylation is 1. The Hall–Kier alpha value is -2.31. The molecule has 1 amide bonds. The fraction of sp³-hybridized carbons (Fsp3) is 0.167. The molecule has 0 atom stereocenters. The smallest absolute Gasteiger partial charge is 0.239 e. The van der Waals surface area contributed by atoms with E-state index in [1.807, 2.05) is 0 Å². The molecule has 0 aliphatic rings. The van der Waals surface area contributed by atoms with Crippen molar-refractivity contribution in [2.45, 2.75) is 6.18 Å². The highest BCUT2D eigenvalue weighted by Crippen LogP contribution is 2.29. The van der Waals surface area contributed by atoms with E-state index in [0.29, 0.717) is 0 Å². The molecule has 1 N–H and O–H groups in total. The molecule has 1 aromatic heterocycles. The van der Waals surface area contributed by atoms with Gasteiger partial charge < -0.3 is 0 Å². The van der Waals surface area contributed by atoms with Crippen LogP contribution < -0.4 is 10.1 Å². The van der Waals surface area contributed by atoms with Crippen LogP contribution in [-0.4, -0.2) is 10.7 Å². The van der Waals surface area contributed by atoms with Crippen molar-refractivity contribution in [2.75, 3.05) is 5.43 Å². The zero-order chi connectivity index (χ0) is 14.0. The maximum absolute atomic E-state index is 12.4. The Balaban J connectivity index is 2.14. The number of hydrogen-bond acceptors (Lipinski definition) is 1.